The van der Waals surface area contributed by atoms with Gasteiger partial charge < -0.3 is 9.84 Å². The van der Waals surface area contributed by atoms with Crippen molar-refractivity contribution in [3.8, 4) is 28.1 Å². The van der Waals surface area contributed by atoms with E-state index in [2.05, 4.69) is 9.97 Å². The highest BCUT2D eigenvalue weighted by molar-refractivity contribution is 5.88. The normalized spacial score (nSPS) is 13.4. The van der Waals surface area contributed by atoms with Gasteiger partial charge in [0.25, 0.3) is 0 Å². The van der Waals surface area contributed by atoms with Crippen LogP contribution >= 0.6 is 0 Å². The maximum Gasteiger partial charge on any atom is 0.416 e. The molecule has 1 aromatic heterocycles. The first-order valence-corrected chi connectivity index (χ1v) is 9.32. The van der Waals surface area contributed by atoms with Gasteiger partial charge >= 0.3 is 12.1 Å². The fourth-order valence-corrected chi connectivity index (χ4v) is 3.76. The molecule has 0 unspecified atom stereocenters. The highest BCUT2D eigenvalue weighted by Crippen LogP contribution is 2.43. The van der Waals surface area contributed by atoms with Gasteiger partial charge in [-0.2, -0.15) is 13.2 Å². The molecule has 2 heterocycles. The summed E-state index contributed by atoms with van der Waals surface area (Å²) < 4.78 is 46.9. The van der Waals surface area contributed by atoms with E-state index >= 15 is 0 Å². The zero-order valence-electron chi connectivity index (χ0n) is 15.7. The number of halogens is 3. The Kier molecular flexibility index (Phi) is 5.15. The van der Waals surface area contributed by atoms with Crippen LogP contribution in [0.3, 0.4) is 0 Å². The number of hydrogen-bond acceptors (Lipinski definition) is 4. The minimum Gasteiger partial charge on any atom is -0.493 e. The molecule has 154 valence electrons. The number of aliphatic carboxylic acids is 1. The predicted molar refractivity (Wildman–Crippen MR) is 103 cm³/mol. The topological polar surface area (TPSA) is 72.3 Å². The number of alkyl halides is 3. The predicted octanol–water partition coefficient (Wildman–Crippen LogP) is 4.78. The van der Waals surface area contributed by atoms with E-state index in [1.54, 1.807) is 24.3 Å². The van der Waals surface area contributed by atoms with E-state index in [1.165, 1.54) is 18.6 Å². The Morgan fingerprint density at radius 2 is 2.00 bits per heavy atom. The molecule has 0 fully saturated rings. The van der Waals surface area contributed by atoms with Gasteiger partial charge in [0.1, 0.15) is 12.1 Å². The number of carboxylic acid groups (broad SMARTS) is 1. The Balaban J connectivity index is 2.03. The van der Waals surface area contributed by atoms with Gasteiger partial charge in [0, 0.05) is 11.8 Å². The fourth-order valence-electron chi connectivity index (χ4n) is 3.76. The van der Waals surface area contributed by atoms with Gasteiger partial charge in [-0.05, 0) is 59.4 Å². The van der Waals surface area contributed by atoms with Crippen molar-refractivity contribution in [2.45, 2.75) is 25.4 Å². The Morgan fingerprint density at radius 1 is 1.17 bits per heavy atom. The van der Waals surface area contributed by atoms with Crippen molar-refractivity contribution in [3.05, 3.63) is 65.6 Å². The van der Waals surface area contributed by atoms with Crippen molar-refractivity contribution in [1.82, 2.24) is 9.97 Å². The molecule has 1 N–H and O–H groups in total. The molecule has 0 saturated carbocycles. The number of nitrogens with zero attached hydrogens (tertiary/aromatic N) is 2. The SMILES string of the molecule is O=C(O)Cc1c(C(F)(F)F)ccc(-c2ccncn2)c1-c1ccc2c(c1)CCCO2. The lowest BCUT2D eigenvalue weighted by atomic mass is 9.86. The summed E-state index contributed by atoms with van der Waals surface area (Å²) in [6.07, 6.45) is -1.13. The number of rotatable bonds is 4. The lowest BCUT2D eigenvalue weighted by Crippen LogP contribution is -2.14. The second kappa shape index (κ2) is 7.78. The molecule has 0 bridgehead atoms. The standard InChI is InChI=1S/C22H17F3N2O3/c23-22(24,25)17-5-4-15(18-7-8-26-12-27-18)21(16(17)11-20(28)29)14-3-6-19-13(10-14)2-1-9-30-19/h3-8,10,12H,1-2,9,11H2,(H,28,29). The second-order valence-electron chi connectivity index (χ2n) is 6.95. The quantitative estimate of drug-likeness (QED) is 0.665. The zero-order valence-corrected chi connectivity index (χ0v) is 15.7. The molecule has 0 amide bonds. The molecule has 0 atom stereocenters. The second-order valence-corrected chi connectivity index (χ2v) is 6.95. The smallest absolute Gasteiger partial charge is 0.416 e. The largest absolute Gasteiger partial charge is 0.493 e. The number of aryl methyl sites for hydroxylation is 1. The summed E-state index contributed by atoms with van der Waals surface area (Å²) in [6.45, 7) is 0.590. The summed E-state index contributed by atoms with van der Waals surface area (Å²) in [4.78, 5) is 19.5. The first-order chi connectivity index (χ1) is 14.3. The van der Waals surface area contributed by atoms with Crippen LogP contribution in [0.1, 0.15) is 23.1 Å². The molecule has 0 radical (unpaired) electrons. The Morgan fingerprint density at radius 3 is 2.70 bits per heavy atom. The maximum atomic E-state index is 13.8. The van der Waals surface area contributed by atoms with E-state index in [0.717, 1.165) is 24.5 Å². The van der Waals surface area contributed by atoms with Gasteiger partial charge in [-0.15, -0.1) is 0 Å². The van der Waals surface area contributed by atoms with Gasteiger partial charge in [0.05, 0.1) is 24.3 Å². The lowest BCUT2D eigenvalue weighted by Gasteiger charge is -2.22. The van der Waals surface area contributed by atoms with Crippen LogP contribution in [0, 0.1) is 0 Å². The average molecular weight is 414 g/mol. The maximum absolute atomic E-state index is 13.8. The highest BCUT2D eigenvalue weighted by atomic mass is 19.4. The van der Waals surface area contributed by atoms with Crippen LogP contribution in [0.5, 0.6) is 5.75 Å². The molecule has 5 nitrogen and oxygen atoms in total. The van der Waals surface area contributed by atoms with Crippen molar-refractivity contribution in [3.63, 3.8) is 0 Å². The van der Waals surface area contributed by atoms with Gasteiger partial charge in [-0.25, -0.2) is 9.97 Å². The van der Waals surface area contributed by atoms with E-state index in [-0.39, 0.29) is 11.1 Å². The molecule has 4 rings (SSSR count). The summed E-state index contributed by atoms with van der Waals surface area (Å²) in [5.41, 5.74) is 1.16. The zero-order chi connectivity index (χ0) is 21.3. The summed E-state index contributed by atoms with van der Waals surface area (Å²) >= 11 is 0. The molecule has 30 heavy (non-hydrogen) atoms. The van der Waals surface area contributed by atoms with E-state index < -0.39 is 24.1 Å². The third-order valence-electron chi connectivity index (χ3n) is 5.00. The average Bonchev–Trinajstić information content (AvgIpc) is 2.72. The Labute approximate surface area is 170 Å². The van der Waals surface area contributed by atoms with E-state index in [4.69, 9.17) is 4.74 Å². The van der Waals surface area contributed by atoms with E-state index in [0.29, 0.717) is 29.2 Å². The van der Waals surface area contributed by atoms with Crippen molar-refractivity contribution in [2.24, 2.45) is 0 Å². The van der Waals surface area contributed by atoms with Crippen molar-refractivity contribution < 1.29 is 27.8 Å². The Bertz CT molecular complexity index is 1100. The van der Waals surface area contributed by atoms with Crippen LogP contribution < -0.4 is 4.74 Å². The number of benzene rings is 2. The molecular weight excluding hydrogens is 397 g/mol. The van der Waals surface area contributed by atoms with E-state index in [9.17, 15) is 23.1 Å². The third kappa shape index (κ3) is 3.85. The van der Waals surface area contributed by atoms with Crippen LogP contribution in [-0.4, -0.2) is 27.7 Å². The minimum atomic E-state index is -4.69. The molecule has 0 aliphatic carbocycles. The summed E-state index contributed by atoms with van der Waals surface area (Å²) in [7, 11) is 0. The monoisotopic (exact) mass is 414 g/mol. The minimum absolute atomic E-state index is 0.208. The summed E-state index contributed by atoms with van der Waals surface area (Å²) in [6, 6.07) is 8.99. The van der Waals surface area contributed by atoms with Crippen molar-refractivity contribution >= 4 is 5.97 Å². The molecular formula is C22H17F3N2O3. The molecule has 1 aliphatic rings. The first kappa shape index (κ1) is 19.9. The number of fused-ring (bicyclic) bond motifs is 1. The lowest BCUT2D eigenvalue weighted by molar-refractivity contribution is -0.139. The van der Waals surface area contributed by atoms with Crippen LogP contribution in [-0.2, 0) is 23.8 Å². The summed E-state index contributed by atoms with van der Waals surface area (Å²) in [5, 5.41) is 9.37. The molecule has 0 saturated heterocycles. The van der Waals surface area contributed by atoms with Crippen molar-refractivity contribution in [1.29, 1.82) is 0 Å². The van der Waals surface area contributed by atoms with Gasteiger partial charge in [0.2, 0.25) is 0 Å². The van der Waals surface area contributed by atoms with Gasteiger partial charge in [-0.3, -0.25) is 4.79 Å². The first-order valence-electron chi connectivity index (χ1n) is 9.32. The number of hydrogen-bond donors (Lipinski definition) is 1. The third-order valence-corrected chi connectivity index (χ3v) is 5.00. The van der Waals surface area contributed by atoms with E-state index in [1.807, 2.05) is 0 Å². The number of aromatic nitrogens is 2. The van der Waals surface area contributed by atoms with Crippen LogP contribution in [0.25, 0.3) is 22.4 Å². The summed E-state index contributed by atoms with van der Waals surface area (Å²) in [5.74, 6) is -0.650. The van der Waals surface area contributed by atoms with Crippen molar-refractivity contribution in [2.75, 3.05) is 6.61 Å². The van der Waals surface area contributed by atoms with Crippen LogP contribution in [0.15, 0.2) is 48.9 Å². The van der Waals surface area contributed by atoms with Crippen LogP contribution in [0.2, 0.25) is 0 Å². The Hall–Kier alpha value is -3.42. The number of carboxylic acids is 1. The highest BCUT2D eigenvalue weighted by Gasteiger charge is 2.36. The molecule has 8 heteroatoms. The number of ether oxygens (including phenoxy) is 1. The molecule has 1 aliphatic heterocycles. The van der Waals surface area contributed by atoms with Gasteiger partial charge in [-0.1, -0.05) is 12.1 Å². The number of carbonyl (C=O) groups is 1. The fraction of sp³-hybridized carbons (Fsp3) is 0.227. The molecule has 3 aromatic rings. The molecule has 0 spiro atoms. The van der Waals surface area contributed by atoms with Gasteiger partial charge in [0.15, 0.2) is 0 Å². The molecule has 2 aromatic carbocycles. The van der Waals surface area contributed by atoms with Crippen LogP contribution in [0.4, 0.5) is 13.2 Å².